The van der Waals surface area contributed by atoms with Gasteiger partial charge >= 0.3 is 5.82 Å². The number of aromatic nitrogens is 2. The molecule has 98 valence electrons. The van der Waals surface area contributed by atoms with E-state index in [4.69, 9.17) is 10.5 Å². The van der Waals surface area contributed by atoms with Gasteiger partial charge in [-0.2, -0.15) is 0 Å². The Hall–Kier alpha value is -2.22. The predicted molar refractivity (Wildman–Crippen MR) is 71.6 cm³/mol. The summed E-state index contributed by atoms with van der Waals surface area (Å²) in [6.07, 6.45) is 2.89. The number of nitrogens with zero attached hydrogens (tertiary/aromatic N) is 3. The van der Waals surface area contributed by atoms with Crippen LogP contribution in [0.2, 0.25) is 0 Å². The Morgan fingerprint density at radius 1 is 1.42 bits per heavy atom. The normalized spacial score (nSPS) is 10.2. The Balaban J connectivity index is 2.19. The molecular weight excluding hydrogens is 316 g/mol. The van der Waals surface area contributed by atoms with E-state index >= 15 is 0 Å². The highest BCUT2D eigenvalue weighted by atomic mass is 79.9. The summed E-state index contributed by atoms with van der Waals surface area (Å²) < 4.78 is 6.00. The minimum absolute atomic E-state index is 0.0924. The first-order valence-corrected chi connectivity index (χ1v) is 5.98. The molecule has 0 amide bonds. The lowest BCUT2D eigenvalue weighted by Crippen LogP contribution is -2.02. The number of nitro groups is 1. The van der Waals surface area contributed by atoms with Crippen molar-refractivity contribution in [1.29, 1.82) is 0 Å². The first-order chi connectivity index (χ1) is 9.06. The molecule has 0 atom stereocenters. The summed E-state index contributed by atoms with van der Waals surface area (Å²) >= 11 is 3.19. The van der Waals surface area contributed by atoms with Crippen molar-refractivity contribution in [3.8, 4) is 5.75 Å². The van der Waals surface area contributed by atoms with Crippen LogP contribution in [0, 0.1) is 10.1 Å². The van der Waals surface area contributed by atoms with Crippen LogP contribution in [0.3, 0.4) is 0 Å². The number of nitrogens with two attached hydrogens (primary N) is 1. The summed E-state index contributed by atoms with van der Waals surface area (Å²) in [6.45, 7) is 0.145. The van der Waals surface area contributed by atoms with Gasteiger partial charge in [-0.05, 0) is 43.5 Å². The van der Waals surface area contributed by atoms with E-state index < -0.39 is 4.92 Å². The van der Waals surface area contributed by atoms with Gasteiger partial charge in [-0.15, -0.1) is 0 Å². The molecule has 0 aromatic carbocycles. The molecule has 0 aliphatic rings. The van der Waals surface area contributed by atoms with E-state index in [2.05, 4.69) is 25.9 Å². The molecule has 2 aromatic rings. The first-order valence-electron chi connectivity index (χ1n) is 5.19. The Bertz CT molecular complexity index is 621. The van der Waals surface area contributed by atoms with Gasteiger partial charge in [0.2, 0.25) is 5.75 Å². The van der Waals surface area contributed by atoms with E-state index in [9.17, 15) is 10.1 Å². The number of hydrogen-bond acceptors (Lipinski definition) is 6. The Morgan fingerprint density at radius 2 is 2.21 bits per heavy atom. The van der Waals surface area contributed by atoms with Gasteiger partial charge in [-0.25, -0.2) is 4.98 Å². The number of pyridine rings is 2. The van der Waals surface area contributed by atoms with Crippen LogP contribution < -0.4 is 10.5 Å². The Kier molecular flexibility index (Phi) is 3.91. The average molecular weight is 325 g/mol. The topological polar surface area (TPSA) is 104 Å². The minimum Gasteiger partial charge on any atom is -0.481 e. The van der Waals surface area contributed by atoms with Gasteiger partial charge in [0.05, 0.1) is 4.47 Å². The van der Waals surface area contributed by atoms with Gasteiger partial charge in [-0.3, -0.25) is 0 Å². The molecule has 0 saturated carbocycles. The molecule has 0 unspecified atom stereocenters. The second-order valence-electron chi connectivity index (χ2n) is 3.61. The molecule has 2 N–H and O–H groups in total. The predicted octanol–water partition coefficient (Wildman–Crippen LogP) is 2.31. The third kappa shape index (κ3) is 3.38. The van der Waals surface area contributed by atoms with Crippen LogP contribution in [0.25, 0.3) is 0 Å². The van der Waals surface area contributed by atoms with Gasteiger partial charge in [0.1, 0.15) is 12.4 Å². The highest BCUT2D eigenvalue weighted by molar-refractivity contribution is 9.10. The Morgan fingerprint density at radius 3 is 2.89 bits per heavy atom. The lowest BCUT2D eigenvalue weighted by molar-refractivity contribution is -0.390. The van der Waals surface area contributed by atoms with Crippen LogP contribution in [0.4, 0.5) is 11.6 Å². The molecule has 0 spiro atoms. The number of ether oxygens (including phenoxy) is 1. The summed E-state index contributed by atoms with van der Waals surface area (Å²) in [4.78, 5) is 17.8. The zero-order valence-corrected chi connectivity index (χ0v) is 11.2. The van der Waals surface area contributed by atoms with Gasteiger partial charge in [0.25, 0.3) is 0 Å². The van der Waals surface area contributed by atoms with E-state index in [1.165, 1.54) is 12.3 Å². The van der Waals surface area contributed by atoms with Crippen molar-refractivity contribution in [1.82, 2.24) is 9.97 Å². The van der Waals surface area contributed by atoms with Crippen LogP contribution in [-0.2, 0) is 6.61 Å². The number of nitrogen functional groups attached to an aromatic ring is 1. The molecule has 19 heavy (non-hydrogen) atoms. The summed E-state index contributed by atoms with van der Waals surface area (Å²) in [5.74, 6) is 0.128. The number of hydrogen-bond donors (Lipinski definition) is 1. The first kappa shape index (κ1) is 13.2. The monoisotopic (exact) mass is 324 g/mol. The van der Waals surface area contributed by atoms with Gasteiger partial charge in [0.15, 0.2) is 6.20 Å². The van der Waals surface area contributed by atoms with Gasteiger partial charge < -0.3 is 20.6 Å². The minimum atomic E-state index is -0.595. The molecule has 2 rings (SSSR count). The van der Waals surface area contributed by atoms with Crippen molar-refractivity contribution in [3.63, 3.8) is 0 Å². The fourth-order valence-electron chi connectivity index (χ4n) is 1.40. The van der Waals surface area contributed by atoms with Crippen molar-refractivity contribution in [2.75, 3.05) is 5.73 Å². The highest BCUT2D eigenvalue weighted by Gasteiger charge is 2.17. The van der Waals surface area contributed by atoms with Crippen molar-refractivity contribution < 1.29 is 9.66 Å². The third-order valence-corrected chi connectivity index (χ3v) is 2.65. The van der Waals surface area contributed by atoms with E-state index in [1.54, 1.807) is 18.3 Å². The lowest BCUT2D eigenvalue weighted by Gasteiger charge is -2.06. The summed E-state index contributed by atoms with van der Waals surface area (Å²) in [5, 5.41) is 10.8. The fourth-order valence-corrected chi connectivity index (χ4v) is 1.71. The molecule has 2 aromatic heterocycles. The zero-order valence-electron chi connectivity index (χ0n) is 9.62. The highest BCUT2D eigenvalue weighted by Crippen LogP contribution is 2.28. The largest absolute Gasteiger partial charge is 0.481 e. The summed E-state index contributed by atoms with van der Waals surface area (Å²) in [5.41, 5.74) is 6.30. The average Bonchev–Trinajstić information content (AvgIpc) is 2.36. The van der Waals surface area contributed by atoms with Crippen LogP contribution in [0.15, 0.2) is 35.1 Å². The maximum absolute atomic E-state index is 10.8. The van der Waals surface area contributed by atoms with Crippen LogP contribution in [-0.4, -0.2) is 14.9 Å². The second-order valence-corrected chi connectivity index (χ2v) is 4.53. The maximum Gasteiger partial charge on any atom is 0.406 e. The fraction of sp³-hybridized carbons (Fsp3) is 0.0909. The zero-order chi connectivity index (χ0) is 13.8. The van der Waals surface area contributed by atoms with Crippen molar-refractivity contribution in [3.05, 3.63) is 50.7 Å². The quantitative estimate of drug-likeness (QED) is 0.683. The standard InChI is InChI=1S/C11H9BrN4O3/c12-8-4-9(11(15-5-8)16(17)18)19-6-7-1-2-14-10(13)3-7/h1-5H,6H2,(H2,13,14). The van der Waals surface area contributed by atoms with E-state index in [1.807, 2.05) is 0 Å². The maximum atomic E-state index is 10.8. The third-order valence-electron chi connectivity index (χ3n) is 2.21. The number of halogens is 1. The van der Waals surface area contributed by atoms with Crippen molar-refractivity contribution in [2.45, 2.75) is 6.61 Å². The SMILES string of the molecule is Nc1cc(COc2cc(Br)cnc2[N+](=O)[O-])ccn1. The molecule has 0 radical (unpaired) electrons. The number of anilines is 1. The van der Waals surface area contributed by atoms with E-state index in [0.717, 1.165) is 5.56 Å². The molecule has 7 nitrogen and oxygen atoms in total. The van der Waals surface area contributed by atoms with Crippen molar-refractivity contribution in [2.24, 2.45) is 0 Å². The van der Waals surface area contributed by atoms with E-state index in [-0.39, 0.29) is 18.2 Å². The molecule has 0 aliphatic heterocycles. The lowest BCUT2D eigenvalue weighted by atomic mass is 10.3. The number of rotatable bonds is 4. The Labute approximate surface area is 116 Å². The summed E-state index contributed by atoms with van der Waals surface area (Å²) in [6, 6.07) is 4.85. The van der Waals surface area contributed by atoms with Crippen LogP contribution in [0.5, 0.6) is 5.75 Å². The molecule has 0 fully saturated rings. The van der Waals surface area contributed by atoms with Gasteiger partial charge in [0, 0.05) is 12.3 Å². The molecule has 2 heterocycles. The molecule has 0 saturated heterocycles. The molecular formula is C11H9BrN4O3. The van der Waals surface area contributed by atoms with E-state index in [0.29, 0.717) is 10.3 Å². The molecule has 8 heteroatoms. The van der Waals surface area contributed by atoms with Crippen LogP contribution >= 0.6 is 15.9 Å². The molecule has 0 aliphatic carbocycles. The van der Waals surface area contributed by atoms with Crippen molar-refractivity contribution >= 4 is 27.6 Å². The summed E-state index contributed by atoms with van der Waals surface area (Å²) in [7, 11) is 0. The smallest absolute Gasteiger partial charge is 0.406 e. The van der Waals surface area contributed by atoms with Gasteiger partial charge in [-0.1, -0.05) is 0 Å². The second kappa shape index (κ2) is 5.61. The molecule has 0 bridgehead atoms. The van der Waals surface area contributed by atoms with Crippen LogP contribution in [0.1, 0.15) is 5.56 Å².